The summed E-state index contributed by atoms with van der Waals surface area (Å²) in [5.41, 5.74) is 6.51. The number of nitrogens with two attached hydrogens (primary N) is 1. The first kappa shape index (κ1) is 17.4. The van der Waals surface area contributed by atoms with Crippen molar-refractivity contribution in [3.8, 4) is 0 Å². The SMILES string of the molecule is N[C@H](Cc1cc(F)ccc1F)C1CCN(C(=O)c2ncccn2)CC1. The average molecular weight is 346 g/mol. The second-order valence-electron chi connectivity index (χ2n) is 6.31. The lowest BCUT2D eigenvalue weighted by atomic mass is 9.86. The molecule has 1 atom stereocenters. The van der Waals surface area contributed by atoms with Gasteiger partial charge in [-0.1, -0.05) is 0 Å². The first-order chi connectivity index (χ1) is 12.0. The summed E-state index contributed by atoms with van der Waals surface area (Å²) >= 11 is 0. The number of rotatable bonds is 4. The Morgan fingerprint density at radius 2 is 1.92 bits per heavy atom. The van der Waals surface area contributed by atoms with E-state index in [1.165, 1.54) is 18.5 Å². The molecule has 0 radical (unpaired) electrons. The number of likely N-dealkylation sites (tertiary alicyclic amines) is 1. The summed E-state index contributed by atoms with van der Waals surface area (Å²) < 4.78 is 27.0. The third kappa shape index (κ3) is 4.17. The van der Waals surface area contributed by atoms with E-state index in [1.807, 2.05) is 0 Å². The van der Waals surface area contributed by atoms with Crippen LogP contribution in [0.1, 0.15) is 29.0 Å². The Morgan fingerprint density at radius 1 is 1.24 bits per heavy atom. The molecule has 1 aromatic heterocycles. The fourth-order valence-electron chi connectivity index (χ4n) is 3.20. The molecule has 0 spiro atoms. The maximum Gasteiger partial charge on any atom is 0.291 e. The van der Waals surface area contributed by atoms with Crippen LogP contribution in [0.5, 0.6) is 0 Å². The summed E-state index contributed by atoms with van der Waals surface area (Å²) in [6, 6.07) is 4.80. The highest BCUT2D eigenvalue weighted by Crippen LogP contribution is 2.23. The van der Waals surface area contributed by atoms with Gasteiger partial charge in [0.1, 0.15) is 11.6 Å². The van der Waals surface area contributed by atoms with Crippen LogP contribution >= 0.6 is 0 Å². The molecule has 2 aromatic rings. The van der Waals surface area contributed by atoms with Crippen molar-refractivity contribution in [1.29, 1.82) is 0 Å². The zero-order chi connectivity index (χ0) is 17.8. The largest absolute Gasteiger partial charge is 0.336 e. The minimum atomic E-state index is -0.466. The predicted octanol–water partition coefficient (Wildman–Crippen LogP) is 2.18. The maximum atomic E-state index is 13.8. The summed E-state index contributed by atoms with van der Waals surface area (Å²) in [5.74, 6) is -0.753. The smallest absolute Gasteiger partial charge is 0.291 e. The van der Waals surface area contributed by atoms with Gasteiger partial charge in [-0.2, -0.15) is 0 Å². The zero-order valence-electron chi connectivity index (χ0n) is 13.7. The molecule has 0 aliphatic carbocycles. The van der Waals surface area contributed by atoms with Gasteiger partial charge in [-0.15, -0.1) is 0 Å². The molecule has 25 heavy (non-hydrogen) atoms. The summed E-state index contributed by atoms with van der Waals surface area (Å²) in [5, 5.41) is 0. The van der Waals surface area contributed by atoms with Gasteiger partial charge in [0, 0.05) is 31.5 Å². The molecule has 1 aliphatic heterocycles. The molecule has 0 saturated carbocycles. The lowest BCUT2D eigenvalue weighted by Gasteiger charge is -2.34. The van der Waals surface area contributed by atoms with Gasteiger partial charge in [0.25, 0.3) is 5.91 Å². The lowest BCUT2D eigenvalue weighted by molar-refractivity contribution is 0.0665. The van der Waals surface area contributed by atoms with Crippen LogP contribution in [0.2, 0.25) is 0 Å². The predicted molar refractivity (Wildman–Crippen MR) is 88.7 cm³/mol. The van der Waals surface area contributed by atoms with Crippen LogP contribution in [0.25, 0.3) is 0 Å². The number of hydrogen-bond acceptors (Lipinski definition) is 4. The minimum absolute atomic E-state index is 0.156. The van der Waals surface area contributed by atoms with Crippen molar-refractivity contribution in [3.63, 3.8) is 0 Å². The summed E-state index contributed by atoms with van der Waals surface area (Å²) in [7, 11) is 0. The molecule has 1 saturated heterocycles. The second kappa shape index (κ2) is 7.65. The van der Waals surface area contributed by atoms with Gasteiger partial charge in [-0.25, -0.2) is 18.7 Å². The molecular formula is C18H20F2N4O. The molecule has 1 fully saturated rings. The number of carbonyl (C=O) groups is 1. The first-order valence-electron chi connectivity index (χ1n) is 8.30. The van der Waals surface area contributed by atoms with Crippen LogP contribution in [0.3, 0.4) is 0 Å². The summed E-state index contributed by atoms with van der Waals surface area (Å²) in [4.78, 5) is 22.0. The molecule has 132 valence electrons. The Kier molecular flexibility index (Phi) is 5.33. The topological polar surface area (TPSA) is 72.1 Å². The van der Waals surface area contributed by atoms with Crippen LogP contribution in [-0.2, 0) is 6.42 Å². The van der Waals surface area contributed by atoms with Crippen molar-refractivity contribution in [1.82, 2.24) is 14.9 Å². The van der Waals surface area contributed by atoms with Gasteiger partial charge >= 0.3 is 0 Å². The first-order valence-corrected chi connectivity index (χ1v) is 8.30. The molecule has 1 aromatic carbocycles. The number of aromatic nitrogens is 2. The molecule has 0 unspecified atom stereocenters. The van der Waals surface area contributed by atoms with Crippen molar-refractivity contribution in [2.75, 3.05) is 13.1 Å². The number of hydrogen-bond donors (Lipinski definition) is 1. The quantitative estimate of drug-likeness (QED) is 0.921. The van der Waals surface area contributed by atoms with Gasteiger partial charge in [0.2, 0.25) is 5.82 Å². The number of carbonyl (C=O) groups excluding carboxylic acids is 1. The molecular weight excluding hydrogens is 326 g/mol. The van der Waals surface area contributed by atoms with Gasteiger partial charge in [0.05, 0.1) is 0 Å². The van der Waals surface area contributed by atoms with Crippen molar-refractivity contribution in [2.45, 2.75) is 25.3 Å². The van der Waals surface area contributed by atoms with Gasteiger partial charge in [-0.3, -0.25) is 4.79 Å². The van der Waals surface area contributed by atoms with E-state index in [0.717, 1.165) is 25.0 Å². The van der Waals surface area contributed by atoms with E-state index >= 15 is 0 Å². The third-order valence-electron chi connectivity index (χ3n) is 4.65. The average Bonchev–Trinajstić information content (AvgIpc) is 2.65. The van der Waals surface area contributed by atoms with E-state index in [9.17, 15) is 13.6 Å². The van der Waals surface area contributed by atoms with Crippen LogP contribution in [-0.4, -0.2) is 39.9 Å². The third-order valence-corrected chi connectivity index (χ3v) is 4.65. The Balaban J connectivity index is 1.56. The number of nitrogens with zero attached hydrogens (tertiary/aromatic N) is 3. The molecule has 1 aliphatic rings. The normalized spacial score (nSPS) is 16.7. The van der Waals surface area contributed by atoms with Gasteiger partial charge in [-0.05, 0) is 55.0 Å². The van der Waals surface area contributed by atoms with Crippen LogP contribution in [0.4, 0.5) is 8.78 Å². The van der Waals surface area contributed by atoms with E-state index in [0.29, 0.717) is 18.7 Å². The minimum Gasteiger partial charge on any atom is -0.336 e. The monoisotopic (exact) mass is 346 g/mol. The van der Waals surface area contributed by atoms with Crippen molar-refractivity contribution in [2.24, 2.45) is 11.7 Å². The molecule has 7 heteroatoms. The molecule has 2 N–H and O–H groups in total. The fraction of sp³-hybridized carbons (Fsp3) is 0.389. The fourth-order valence-corrected chi connectivity index (χ4v) is 3.20. The standard InChI is InChI=1S/C18H20F2N4O/c19-14-2-3-15(20)13(10-14)11-16(21)12-4-8-24(9-5-12)18(25)17-22-6-1-7-23-17/h1-3,6-7,10,12,16H,4-5,8-9,11,21H2/t16-/m1/s1. The van der Waals surface area contributed by atoms with E-state index in [4.69, 9.17) is 5.73 Å². The second-order valence-corrected chi connectivity index (χ2v) is 6.31. The highest BCUT2D eigenvalue weighted by atomic mass is 19.1. The maximum absolute atomic E-state index is 13.8. The van der Waals surface area contributed by atoms with Gasteiger partial charge < -0.3 is 10.6 Å². The number of benzene rings is 1. The summed E-state index contributed by atoms with van der Waals surface area (Å²) in [6.45, 7) is 1.11. The van der Waals surface area contributed by atoms with E-state index < -0.39 is 11.6 Å². The van der Waals surface area contributed by atoms with E-state index in [1.54, 1.807) is 11.0 Å². The van der Waals surface area contributed by atoms with Crippen LogP contribution < -0.4 is 5.73 Å². The Labute approximate surface area is 144 Å². The molecule has 0 bridgehead atoms. The highest BCUT2D eigenvalue weighted by Gasteiger charge is 2.28. The van der Waals surface area contributed by atoms with E-state index in [2.05, 4.69) is 9.97 Å². The Hall–Kier alpha value is -2.41. The molecule has 3 rings (SSSR count). The Morgan fingerprint density at radius 3 is 2.60 bits per heavy atom. The zero-order valence-corrected chi connectivity index (χ0v) is 13.7. The van der Waals surface area contributed by atoms with Crippen molar-refractivity contribution < 1.29 is 13.6 Å². The summed E-state index contributed by atoms with van der Waals surface area (Å²) in [6.07, 6.45) is 4.80. The molecule has 1 amide bonds. The number of piperidine rings is 1. The van der Waals surface area contributed by atoms with Gasteiger partial charge in [0.15, 0.2) is 0 Å². The highest BCUT2D eigenvalue weighted by molar-refractivity contribution is 5.90. The number of amides is 1. The lowest BCUT2D eigenvalue weighted by Crippen LogP contribution is -2.44. The Bertz CT molecular complexity index is 733. The molecule has 5 nitrogen and oxygen atoms in total. The van der Waals surface area contributed by atoms with Crippen LogP contribution in [0.15, 0.2) is 36.7 Å². The van der Waals surface area contributed by atoms with E-state index in [-0.39, 0.29) is 30.1 Å². The molecule has 2 heterocycles. The van der Waals surface area contributed by atoms with Crippen LogP contribution in [0, 0.1) is 17.6 Å². The number of halogens is 2. The van der Waals surface area contributed by atoms with Crippen molar-refractivity contribution in [3.05, 3.63) is 59.7 Å². The van der Waals surface area contributed by atoms with Crippen molar-refractivity contribution >= 4 is 5.91 Å².